The lowest BCUT2D eigenvalue weighted by atomic mass is 9.78. The highest BCUT2D eigenvalue weighted by molar-refractivity contribution is 5.97. The van der Waals surface area contributed by atoms with E-state index in [2.05, 4.69) is 41.5 Å². The minimum absolute atomic E-state index is 0.145. The van der Waals surface area contributed by atoms with E-state index in [-0.39, 0.29) is 17.5 Å². The Morgan fingerprint density at radius 1 is 1.07 bits per heavy atom. The Bertz CT molecular complexity index is 1360. The molecule has 2 N–H and O–H groups in total. The lowest BCUT2D eigenvalue weighted by Crippen LogP contribution is -2.41. The number of hydrogen-bond donors (Lipinski definition) is 2. The van der Waals surface area contributed by atoms with Gasteiger partial charge in [0.1, 0.15) is 11.5 Å². The van der Waals surface area contributed by atoms with Crippen molar-refractivity contribution in [2.75, 3.05) is 63.2 Å². The zero-order chi connectivity index (χ0) is 28.3. The van der Waals surface area contributed by atoms with Gasteiger partial charge in [-0.25, -0.2) is 19.3 Å². The molecule has 0 bridgehead atoms. The van der Waals surface area contributed by atoms with Gasteiger partial charge in [0.25, 0.3) is 5.91 Å². The number of nitrogens with zero attached hydrogens (tertiary/aromatic N) is 6. The maximum atomic E-state index is 14.8. The number of carbonyl (C=O) groups is 1. The third-order valence-corrected chi connectivity index (χ3v) is 9.04. The van der Waals surface area contributed by atoms with Crippen molar-refractivity contribution in [2.24, 2.45) is 18.9 Å². The van der Waals surface area contributed by atoms with E-state index >= 15 is 0 Å². The molecule has 3 aromatic heterocycles. The molecule has 11 heteroatoms. The summed E-state index contributed by atoms with van der Waals surface area (Å²) in [5, 5.41) is 5.94. The molecule has 6 rings (SSSR count). The number of likely N-dealkylation sites (tertiary alicyclic amines) is 1. The molecule has 2 saturated heterocycles. The maximum Gasteiger partial charge on any atom is 0.253 e. The highest BCUT2D eigenvalue weighted by atomic mass is 19.1. The third-order valence-electron chi connectivity index (χ3n) is 9.04. The lowest BCUT2D eigenvalue weighted by molar-refractivity contribution is 0.0945. The second-order valence-corrected chi connectivity index (χ2v) is 11.4. The van der Waals surface area contributed by atoms with Crippen molar-refractivity contribution in [1.82, 2.24) is 29.7 Å². The number of carbonyl (C=O) groups excluding carboxylic acids is 1. The van der Waals surface area contributed by atoms with Gasteiger partial charge in [-0.05, 0) is 68.8 Å². The summed E-state index contributed by atoms with van der Waals surface area (Å²) in [4.78, 5) is 30.4. The molecule has 0 atom stereocenters. The van der Waals surface area contributed by atoms with E-state index < -0.39 is 5.82 Å². The summed E-state index contributed by atoms with van der Waals surface area (Å²) in [5.74, 6) is 1.79. The predicted octanol–water partition coefficient (Wildman–Crippen LogP) is 3.62. The van der Waals surface area contributed by atoms with Crippen molar-refractivity contribution < 1.29 is 13.9 Å². The van der Waals surface area contributed by atoms with E-state index in [0.29, 0.717) is 30.0 Å². The van der Waals surface area contributed by atoms with Crippen LogP contribution in [0.5, 0.6) is 0 Å². The van der Waals surface area contributed by atoms with Gasteiger partial charge in [-0.1, -0.05) is 0 Å². The molecule has 0 radical (unpaired) electrons. The number of ether oxygens (including phenoxy) is 1. The van der Waals surface area contributed by atoms with Crippen LogP contribution in [0.15, 0.2) is 30.6 Å². The van der Waals surface area contributed by atoms with Crippen LogP contribution in [0, 0.1) is 17.7 Å². The highest BCUT2D eigenvalue weighted by Crippen LogP contribution is 2.34. The number of fused-ring (bicyclic) bond motifs is 1. The number of methoxy groups -OCH3 is 1. The van der Waals surface area contributed by atoms with E-state index in [9.17, 15) is 9.18 Å². The number of aromatic nitrogens is 4. The average Bonchev–Trinajstić information content (AvgIpc) is 3.35. The van der Waals surface area contributed by atoms with Gasteiger partial charge >= 0.3 is 0 Å². The fraction of sp³-hybridized carbons (Fsp3) is 0.533. The van der Waals surface area contributed by atoms with Crippen LogP contribution < -0.4 is 15.5 Å². The van der Waals surface area contributed by atoms with Crippen molar-refractivity contribution in [3.05, 3.63) is 47.7 Å². The Morgan fingerprint density at radius 3 is 2.51 bits per heavy atom. The minimum atomic E-state index is -0.544. The van der Waals surface area contributed by atoms with Gasteiger partial charge in [0.15, 0.2) is 5.82 Å². The van der Waals surface area contributed by atoms with Crippen LogP contribution in [-0.4, -0.2) is 83.3 Å². The molecule has 1 amide bonds. The topological polar surface area (TPSA) is 100 Å². The van der Waals surface area contributed by atoms with Crippen LogP contribution in [0.25, 0.3) is 11.4 Å². The van der Waals surface area contributed by atoms with Gasteiger partial charge in [-0.15, -0.1) is 0 Å². The van der Waals surface area contributed by atoms with Crippen molar-refractivity contribution in [2.45, 2.75) is 32.1 Å². The van der Waals surface area contributed by atoms with Gasteiger partial charge in [-0.2, -0.15) is 0 Å². The number of piperidine rings is 2. The largest absolute Gasteiger partial charge is 0.383 e. The number of halogens is 1. The molecule has 0 aliphatic carbocycles. The minimum Gasteiger partial charge on any atom is -0.383 e. The van der Waals surface area contributed by atoms with Crippen LogP contribution in [0.4, 0.5) is 21.8 Å². The van der Waals surface area contributed by atoms with Crippen molar-refractivity contribution in [1.29, 1.82) is 0 Å². The molecule has 0 spiro atoms. The summed E-state index contributed by atoms with van der Waals surface area (Å²) < 4.78 is 21.9. The molecule has 41 heavy (non-hydrogen) atoms. The summed E-state index contributed by atoms with van der Waals surface area (Å²) in [5.41, 5.74) is 3.23. The molecule has 6 heterocycles. The number of anilines is 3. The fourth-order valence-electron chi connectivity index (χ4n) is 6.62. The fourth-order valence-corrected chi connectivity index (χ4v) is 6.62. The van der Waals surface area contributed by atoms with E-state index in [4.69, 9.17) is 4.74 Å². The zero-order valence-corrected chi connectivity index (χ0v) is 23.9. The SMILES string of the molecule is COCCN1CCC(C2CCN(c3ccc(Nc4ncc(F)c(-c5cc6c(n5C)CCNC6=O)n4)nc3)CC2)CC1. The zero-order valence-electron chi connectivity index (χ0n) is 23.9. The Balaban J connectivity index is 1.06. The van der Waals surface area contributed by atoms with Gasteiger partial charge in [-0.3, -0.25) is 4.79 Å². The third kappa shape index (κ3) is 5.92. The quantitative estimate of drug-likeness (QED) is 0.430. The smallest absolute Gasteiger partial charge is 0.253 e. The summed E-state index contributed by atoms with van der Waals surface area (Å²) >= 11 is 0. The number of pyridine rings is 1. The summed E-state index contributed by atoms with van der Waals surface area (Å²) in [7, 11) is 3.61. The van der Waals surface area contributed by atoms with Gasteiger partial charge in [0.2, 0.25) is 5.95 Å². The number of amides is 1. The van der Waals surface area contributed by atoms with Crippen LogP contribution in [0.1, 0.15) is 41.7 Å². The van der Waals surface area contributed by atoms with Gasteiger partial charge in [0, 0.05) is 52.5 Å². The van der Waals surface area contributed by atoms with E-state index in [1.54, 1.807) is 13.2 Å². The second kappa shape index (κ2) is 12.1. The van der Waals surface area contributed by atoms with Gasteiger partial charge < -0.3 is 29.7 Å². The van der Waals surface area contributed by atoms with E-state index in [1.807, 2.05) is 23.9 Å². The van der Waals surface area contributed by atoms with Crippen molar-refractivity contribution >= 4 is 23.4 Å². The summed E-state index contributed by atoms with van der Waals surface area (Å²) in [6, 6.07) is 5.68. The first-order chi connectivity index (χ1) is 20.0. The van der Waals surface area contributed by atoms with E-state index in [0.717, 1.165) is 55.7 Å². The molecule has 10 nitrogen and oxygen atoms in total. The Kier molecular flexibility index (Phi) is 8.16. The molecule has 3 aliphatic heterocycles. The maximum absolute atomic E-state index is 14.8. The van der Waals surface area contributed by atoms with E-state index in [1.165, 1.54) is 38.8 Å². The van der Waals surface area contributed by atoms with Crippen molar-refractivity contribution in [3.8, 4) is 11.4 Å². The molecule has 3 aliphatic rings. The normalized spacial score (nSPS) is 18.8. The van der Waals surface area contributed by atoms with Crippen LogP contribution in [-0.2, 0) is 18.2 Å². The molecule has 3 aromatic rings. The second-order valence-electron chi connectivity index (χ2n) is 11.4. The van der Waals surface area contributed by atoms with Crippen LogP contribution in [0.3, 0.4) is 0 Å². The number of nitrogens with one attached hydrogen (secondary N) is 2. The molecular formula is C30H39FN8O2. The molecular weight excluding hydrogens is 523 g/mol. The monoisotopic (exact) mass is 562 g/mol. The highest BCUT2D eigenvalue weighted by Gasteiger charge is 2.30. The first-order valence-corrected chi connectivity index (χ1v) is 14.7. The molecule has 0 unspecified atom stereocenters. The Morgan fingerprint density at radius 2 is 1.83 bits per heavy atom. The van der Waals surface area contributed by atoms with Crippen LogP contribution in [0.2, 0.25) is 0 Å². The first kappa shape index (κ1) is 27.6. The Labute approximate surface area is 240 Å². The average molecular weight is 563 g/mol. The standard InChI is InChI=1S/C30H39FN8O2/c1-37-25-5-10-32-29(40)23(25)17-26(37)28-24(31)19-34-30(36-28)35-27-4-3-22(18-33-27)39-13-8-21(9-14-39)20-6-11-38(12-7-20)15-16-41-2/h3-4,17-21H,5-16H2,1-2H3,(H,32,40)(H,33,34,35,36). The summed E-state index contributed by atoms with van der Waals surface area (Å²) in [6.07, 6.45) is 8.76. The van der Waals surface area contributed by atoms with Gasteiger partial charge in [0.05, 0.1) is 35.9 Å². The molecule has 0 saturated carbocycles. The van der Waals surface area contributed by atoms with Crippen molar-refractivity contribution in [3.63, 3.8) is 0 Å². The molecule has 0 aromatic carbocycles. The number of rotatable bonds is 8. The van der Waals surface area contributed by atoms with Crippen LogP contribution >= 0.6 is 0 Å². The lowest BCUT2D eigenvalue weighted by Gasteiger charge is -2.40. The number of hydrogen-bond acceptors (Lipinski definition) is 8. The molecule has 218 valence electrons. The predicted molar refractivity (Wildman–Crippen MR) is 156 cm³/mol. The summed E-state index contributed by atoms with van der Waals surface area (Å²) in [6.45, 7) is 6.91. The first-order valence-electron chi connectivity index (χ1n) is 14.7. The molecule has 2 fully saturated rings. The Hall–Kier alpha value is -3.57.